The Morgan fingerprint density at radius 3 is 2.62 bits per heavy atom. The molecule has 0 aliphatic carbocycles. The van der Waals surface area contributed by atoms with Gasteiger partial charge in [-0.15, -0.1) is 0 Å². The lowest BCUT2D eigenvalue weighted by molar-refractivity contribution is 0.0917. The Morgan fingerprint density at radius 1 is 1.33 bits per heavy atom. The standard InChI is InChI=1S/C15H20F2N2O4S/c1-9-4-5-11(16)13(14(9)17)15(20)18-12-7-23-6-10(12)8-24(21,22)19(2)3/h4-5,10,12H,6-8H2,1-3H3,(H,18,20)/t10-,12-/m0/s1. The molecule has 6 nitrogen and oxygen atoms in total. The second-order valence-electron chi connectivity index (χ2n) is 5.99. The van der Waals surface area contributed by atoms with Crippen LogP contribution in [0.5, 0.6) is 0 Å². The van der Waals surface area contributed by atoms with Crippen molar-refractivity contribution in [2.75, 3.05) is 33.1 Å². The molecule has 9 heteroatoms. The van der Waals surface area contributed by atoms with E-state index in [4.69, 9.17) is 4.74 Å². The van der Waals surface area contributed by atoms with E-state index >= 15 is 0 Å². The van der Waals surface area contributed by atoms with Crippen molar-refractivity contribution in [3.63, 3.8) is 0 Å². The van der Waals surface area contributed by atoms with E-state index < -0.39 is 45.1 Å². The summed E-state index contributed by atoms with van der Waals surface area (Å²) < 4.78 is 58.1. The number of rotatable bonds is 5. The van der Waals surface area contributed by atoms with Crippen LogP contribution in [0.3, 0.4) is 0 Å². The SMILES string of the molecule is Cc1ccc(F)c(C(=O)N[C@H]2COC[C@H]2CS(=O)(=O)N(C)C)c1F. The highest BCUT2D eigenvalue weighted by molar-refractivity contribution is 7.89. The molecule has 1 aromatic rings. The summed E-state index contributed by atoms with van der Waals surface area (Å²) in [5, 5.41) is 2.49. The van der Waals surface area contributed by atoms with Crippen LogP contribution in [-0.4, -0.2) is 57.7 Å². The van der Waals surface area contributed by atoms with Crippen LogP contribution in [0.4, 0.5) is 8.78 Å². The third-order valence-electron chi connectivity index (χ3n) is 4.01. The van der Waals surface area contributed by atoms with E-state index in [-0.39, 0.29) is 24.5 Å². The molecule has 1 saturated heterocycles. The van der Waals surface area contributed by atoms with Gasteiger partial charge in [-0.3, -0.25) is 4.79 Å². The largest absolute Gasteiger partial charge is 0.379 e. The molecule has 1 aromatic carbocycles. The zero-order chi connectivity index (χ0) is 18.1. The summed E-state index contributed by atoms with van der Waals surface area (Å²) in [7, 11) is -0.658. The normalized spacial score (nSPS) is 21.2. The van der Waals surface area contributed by atoms with Crippen molar-refractivity contribution in [2.45, 2.75) is 13.0 Å². The maximum atomic E-state index is 14.0. The van der Waals surface area contributed by atoms with Gasteiger partial charge in [0.25, 0.3) is 5.91 Å². The molecule has 0 aromatic heterocycles. The Balaban J connectivity index is 2.16. The van der Waals surface area contributed by atoms with Gasteiger partial charge in [-0.1, -0.05) is 6.07 Å². The third kappa shape index (κ3) is 3.90. The maximum absolute atomic E-state index is 14.0. The Kier molecular flexibility index (Phi) is 5.56. The Hall–Kier alpha value is -1.58. The highest BCUT2D eigenvalue weighted by Crippen LogP contribution is 2.20. The van der Waals surface area contributed by atoms with Gasteiger partial charge in [-0.25, -0.2) is 21.5 Å². The van der Waals surface area contributed by atoms with Crippen molar-refractivity contribution in [3.8, 4) is 0 Å². The Labute approximate surface area is 139 Å². The van der Waals surface area contributed by atoms with Crippen molar-refractivity contribution in [1.82, 2.24) is 9.62 Å². The van der Waals surface area contributed by atoms with Crippen LogP contribution in [0.1, 0.15) is 15.9 Å². The second-order valence-corrected chi connectivity index (χ2v) is 8.22. The smallest absolute Gasteiger partial charge is 0.257 e. The lowest BCUT2D eigenvalue weighted by atomic mass is 10.0. The number of hydrogen-bond donors (Lipinski definition) is 1. The topological polar surface area (TPSA) is 75.7 Å². The lowest BCUT2D eigenvalue weighted by Crippen LogP contribution is -2.44. The molecule has 1 aliphatic rings. The summed E-state index contributed by atoms with van der Waals surface area (Å²) in [4.78, 5) is 12.2. The minimum absolute atomic E-state index is 0.0917. The predicted molar refractivity (Wildman–Crippen MR) is 84.1 cm³/mol. The van der Waals surface area contributed by atoms with Crippen molar-refractivity contribution < 1.29 is 26.7 Å². The molecular formula is C15H20F2N2O4S. The van der Waals surface area contributed by atoms with Crippen molar-refractivity contribution in [3.05, 3.63) is 34.9 Å². The first-order valence-corrected chi connectivity index (χ1v) is 8.98. The van der Waals surface area contributed by atoms with Crippen molar-refractivity contribution in [2.24, 2.45) is 5.92 Å². The molecule has 0 spiro atoms. The number of nitrogens with one attached hydrogen (secondary N) is 1. The fraction of sp³-hybridized carbons (Fsp3) is 0.533. The van der Waals surface area contributed by atoms with E-state index in [1.54, 1.807) is 0 Å². The zero-order valence-corrected chi connectivity index (χ0v) is 14.5. The average Bonchev–Trinajstić information content (AvgIpc) is 2.89. The van der Waals surface area contributed by atoms with E-state index in [1.165, 1.54) is 27.1 Å². The molecule has 1 heterocycles. The van der Waals surface area contributed by atoms with E-state index in [2.05, 4.69) is 5.32 Å². The fourth-order valence-corrected chi connectivity index (χ4v) is 3.62. The molecule has 1 N–H and O–H groups in total. The van der Waals surface area contributed by atoms with E-state index in [0.29, 0.717) is 0 Å². The van der Waals surface area contributed by atoms with Gasteiger partial charge in [0.05, 0.1) is 25.0 Å². The molecule has 2 rings (SSSR count). The molecule has 24 heavy (non-hydrogen) atoms. The number of halogens is 2. The summed E-state index contributed by atoms with van der Waals surface area (Å²) in [6.45, 7) is 1.67. The van der Waals surface area contributed by atoms with Crippen LogP contribution < -0.4 is 5.32 Å². The van der Waals surface area contributed by atoms with E-state index in [1.807, 2.05) is 0 Å². The minimum Gasteiger partial charge on any atom is -0.379 e. The van der Waals surface area contributed by atoms with Crippen molar-refractivity contribution in [1.29, 1.82) is 0 Å². The van der Waals surface area contributed by atoms with Crippen LogP contribution in [0.15, 0.2) is 12.1 Å². The van der Waals surface area contributed by atoms with Gasteiger partial charge in [0.1, 0.15) is 17.2 Å². The van der Waals surface area contributed by atoms with Crippen molar-refractivity contribution >= 4 is 15.9 Å². The molecular weight excluding hydrogens is 342 g/mol. The highest BCUT2D eigenvalue weighted by Gasteiger charge is 2.35. The Bertz CT molecular complexity index is 737. The predicted octanol–water partition coefficient (Wildman–Crippen LogP) is 0.909. The second kappa shape index (κ2) is 7.12. The minimum atomic E-state index is -3.48. The number of hydrogen-bond acceptors (Lipinski definition) is 4. The summed E-state index contributed by atoms with van der Waals surface area (Å²) in [6, 6.07) is 1.63. The molecule has 1 amide bonds. The number of carbonyl (C=O) groups excluding carboxylic acids is 1. The zero-order valence-electron chi connectivity index (χ0n) is 13.7. The number of amides is 1. The molecule has 0 radical (unpaired) electrons. The number of aryl methyl sites for hydroxylation is 1. The lowest BCUT2D eigenvalue weighted by Gasteiger charge is -2.21. The van der Waals surface area contributed by atoms with Crippen LogP contribution in [-0.2, 0) is 14.8 Å². The van der Waals surface area contributed by atoms with E-state index in [9.17, 15) is 22.0 Å². The molecule has 0 unspecified atom stereocenters. The summed E-state index contributed by atoms with van der Waals surface area (Å²) in [5.41, 5.74) is -0.521. The molecule has 134 valence electrons. The first-order valence-electron chi connectivity index (χ1n) is 7.37. The van der Waals surface area contributed by atoms with Gasteiger partial charge < -0.3 is 10.1 Å². The first kappa shape index (κ1) is 18.8. The average molecular weight is 362 g/mol. The summed E-state index contributed by atoms with van der Waals surface area (Å²) in [5.74, 6) is -3.52. The number of benzene rings is 1. The Morgan fingerprint density at radius 2 is 2.00 bits per heavy atom. The maximum Gasteiger partial charge on any atom is 0.257 e. The van der Waals surface area contributed by atoms with Gasteiger partial charge in [0, 0.05) is 20.0 Å². The molecule has 2 atom stereocenters. The quantitative estimate of drug-likeness (QED) is 0.845. The van der Waals surface area contributed by atoms with Gasteiger partial charge in [0.15, 0.2) is 0 Å². The third-order valence-corrected chi connectivity index (χ3v) is 5.97. The summed E-state index contributed by atoms with van der Waals surface area (Å²) >= 11 is 0. The molecule has 0 saturated carbocycles. The van der Waals surface area contributed by atoms with Gasteiger partial charge in [-0.2, -0.15) is 0 Å². The van der Waals surface area contributed by atoms with Gasteiger partial charge >= 0.3 is 0 Å². The first-order chi connectivity index (χ1) is 11.1. The van der Waals surface area contributed by atoms with Crippen LogP contribution in [0, 0.1) is 24.5 Å². The fourth-order valence-electron chi connectivity index (χ4n) is 2.45. The van der Waals surface area contributed by atoms with Crippen LogP contribution in [0.2, 0.25) is 0 Å². The number of ether oxygens (including phenoxy) is 1. The highest BCUT2D eigenvalue weighted by atomic mass is 32.2. The molecule has 1 aliphatic heterocycles. The molecule has 0 bridgehead atoms. The van der Waals surface area contributed by atoms with Gasteiger partial charge in [0.2, 0.25) is 10.0 Å². The monoisotopic (exact) mass is 362 g/mol. The summed E-state index contributed by atoms with van der Waals surface area (Å²) in [6.07, 6.45) is 0. The molecule has 1 fully saturated rings. The van der Waals surface area contributed by atoms with Crippen LogP contribution in [0.25, 0.3) is 0 Å². The number of sulfonamides is 1. The number of nitrogens with zero attached hydrogens (tertiary/aromatic N) is 1. The van der Waals surface area contributed by atoms with E-state index in [0.717, 1.165) is 10.4 Å². The number of carbonyl (C=O) groups is 1. The van der Waals surface area contributed by atoms with Gasteiger partial charge in [-0.05, 0) is 18.6 Å². The van der Waals surface area contributed by atoms with Crippen LogP contribution >= 0.6 is 0 Å².